The zero-order valence-corrected chi connectivity index (χ0v) is 12.8. The number of hydrogen-bond acceptors (Lipinski definition) is 3. The first-order valence-electron chi connectivity index (χ1n) is 8.53. The molecule has 0 spiro atoms. The minimum Gasteiger partial charge on any atom is -0.391 e. The molecule has 4 nitrogen and oxygen atoms in total. The van der Waals surface area contributed by atoms with Crippen LogP contribution in [-0.4, -0.2) is 29.3 Å². The summed E-state index contributed by atoms with van der Waals surface area (Å²) < 4.78 is 0. The monoisotopic (exact) mass is 288 g/mol. The van der Waals surface area contributed by atoms with Crippen molar-refractivity contribution in [2.75, 3.05) is 13.2 Å². The summed E-state index contributed by atoms with van der Waals surface area (Å²) in [7, 11) is 0. The van der Waals surface area contributed by atoms with Crippen LogP contribution in [0, 0.1) is 34.5 Å². The Morgan fingerprint density at radius 2 is 1.48 bits per heavy atom. The predicted molar refractivity (Wildman–Crippen MR) is 78.1 cm³/mol. The number of aliphatic hydroxyl groups excluding tert-OH is 1. The van der Waals surface area contributed by atoms with Crippen LogP contribution in [0.5, 0.6) is 0 Å². The van der Waals surface area contributed by atoms with Crippen LogP contribution in [0.2, 0.25) is 0 Å². The van der Waals surface area contributed by atoms with Gasteiger partial charge in [-0.25, -0.2) is 0 Å². The number of nitrogens with zero attached hydrogens (tertiary/aromatic N) is 2. The third-order valence-corrected chi connectivity index (χ3v) is 6.55. The van der Waals surface area contributed by atoms with Gasteiger partial charge < -0.3 is 5.11 Å². The SMILES string of the molecule is N#C[C@]12CCCC[C@@H]1C[C@@H]1CCCC[C@]1(C#N)[NH+]2CCO. The second-order valence-electron chi connectivity index (χ2n) is 7.24. The molecule has 1 unspecified atom stereocenters. The Balaban J connectivity index is 2.07. The van der Waals surface area contributed by atoms with E-state index in [0.717, 1.165) is 49.8 Å². The van der Waals surface area contributed by atoms with Gasteiger partial charge in [0.15, 0.2) is 11.1 Å². The minimum absolute atomic E-state index is 0.0711. The highest BCUT2D eigenvalue weighted by atomic mass is 16.3. The molecular formula is C17H26N3O+. The molecule has 0 radical (unpaired) electrons. The third-order valence-electron chi connectivity index (χ3n) is 6.55. The maximum Gasteiger partial charge on any atom is 0.188 e. The fourth-order valence-electron chi connectivity index (χ4n) is 5.65. The smallest absolute Gasteiger partial charge is 0.188 e. The van der Waals surface area contributed by atoms with Gasteiger partial charge in [-0.2, -0.15) is 10.5 Å². The maximum absolute atomic E-state index is 10.0. The molecule has 3 aliphatic rings. The molecule has 3 rings (SSSR count). The van der Waals surface area contributed by atoms with Crippen LogP contribution in [0.3, 0.4) is 0 Å². The molecule has 2 aliphatic carbocycles. The van der Waals surface area contributed by atoms with Crippen molar-refractivity contribution in [1.82, 2.24) is 0 Å². The zero-order chi connectivity index (χ0) is 14.9. The molecule has 1 saturated heterocycles. The number of nitrogens with one attached hydrogen (secondary N) is 1. The molecule has 0 aromatic carbocycles. The molecular weight excluding hydrogens is 262 g/mol. The Labute approximate surface area is 127 Å². The Hall–Kier alpha value is -1.10. The lowest BCUT2D eigenvalue weighted by Gasteiger charge is -2.58. The largest absolute Gasteiger partial charge is 0.391 e. The molecule has 2 saturated carbocycles. The van der Waals surface area contributed by atoms with E-state index in [2.05, 4.69) is 12.1 Å². The van der Waals surface area contributed by atoms with Crippen molar-refractivity contribution >= 4 is 0 Å². The number of fused-ring (bicyclic) bond motifs is 2. The van der Waals surface area contributed by atoms with E-state index >= 15 is 0 Å². The normalized spacial score (nSPS) is 45.8. The molecule has 0 aromatic rings. The van der Waals surface area contributed by atoms with Gasteiger partial charge in [-0.15, -0.1) is 0 Å². The molecule has 1 heterocycles. The summed E-state index contributed by atoms with van der Waals surface area (Å²) in [4.78, 5) is 1.11. The quantitative estimate of drug-likeness (QED) is 0.801. The maximum atomic E-state index is 10.0. The van der Waals surface area contributed by atoms with Gasteiger partial charge in [0.1, 0.15) is 18.7 Å². The second-order valence-corrected chi connectivity index (χ2v) is 7.24. The van der Waals surface area contributed by atoms with Crippen LogP contribution in [0.1, 0.15) is 57.8 Å². The van der Waals surface area contributed by atoms with E-state index < -0.39 is 11.1 Å². The van der Waals surface area contributed by atoms with E-state index in [-0.39, 0.29) is 6.61 Å². The van der Waals surface area contributed by atoms with E-state index in [4.69, 9.17) is 0 Å². The average Bonchev–Trinajstić information content (AvgIpc) is 2.54. The van der Waals surface area contributed by atoms with Crippen LogP contribution >= 0.6 is 0 Å². The van der Waals surface area contributed by atoms with Gasteiger partial charge in [0.05, 0.1) is 6.61 Å². The van der Waals surface area contributed by atoms with Crippen LogP contribution in [0.25, 0.3) is 0 Å². The molecule has 0 aromatic heterocycles. The Kier molecular flexibility index (Phi) is 3.95. The Morgan fingerprint density at radius 1 is 0.952 bits per heavy atom. The van der Waals surface area contributed by atoms with E-state index in [1.165, 1.54) is 12.8 Å². The van der Waals surface area contributed by atoms with E-state index in [1.807, 2.05) is 0 Å². The van der Waals surface area contributed by atoms with Crippen LogP contribution in [-0.2, 0) is 0 Å². The summed E-state index contributed by atoms with van der Waals surface area (Å²) in [6.07, 6.45) is 9.71. The van der Waals surface area contributed by atoms with Crippen LogP contribution in [0.15, 0.2) is 0 Å². The molecule has 0 amide bonds. The van der Waals surface area contributed by atoms with E-state index in [0.29, 0.717) is 18.4 Å². The topological polar surface area (TPSA) is 72.2 Å². The number of likely N-dealkylation sites (tertiary alicyclic amines) is 1. The summed E-state index contributed by atoms with van der Waals surface area (Å²) in [6.45, 7) is 0.621. The lowest BCUT2D eigenvalue weighted by Crippen LogP contribution is -3.30. The molecule has 0 bridgehead atoms. The first-order chi connectivity index (χ1) is 10.2. The zero-order valence-electron chi connectivity index (χ0n) is 12.8. The van der Waals surface area contributed by atoms with Crippen molar-refractivity contribution in [3.05, 3.63) is 0 Å². The predicted octanol–water partition coefficient (Wildman–Crippen LogP) is 1.17. The van der Waals surface area contributed by atoms with Crippen molar-refractivity contribution in [2.24, 2.45) is 11.8 Å². The number of nitriles is 2. The molecule has 2 N–H and O–H groups in total. The molecule has 114 valence electrons. The lowest BCUT2D eigenvalue weighted by atomic mass is 9.57. The molecule has 4 heteroatoms. The molecule has 1 aliphatic heterocycles. The van der Waals surface area contributed by atoms with Gasteiger partial charge in [0, 0.05) is 24.7 Å². The van der Waals surface area contributed by atoms with Gasteiger partial charge in [0.2, 0.25) is 0 Å². The van der Waals surface area contributed by atoms with Crippen molar-refractivity contribution in [3.63, 3.8) is 0 Å². The van der Waals surface area contributed by atoms with Crippen molar-refractivity contribution < 1.29 is 10.0 Å². The van der Waals surface area contributed by atoms with Gasteiger partial charge >= 0.3 is 0 Å². The van der Waals surface area contributed by atoms with Crippen LogP contribution in [0.4, 0.5) is 0 Å². The van der Waals surface area contributed by atoms with Gasteiger partial charge in [-0.3, -0.25) is 4.90 Å². The number of quaternary nitrogens is 1. The molecule has 3 fully saturated rings. The summed E-state index contributed by atoms with van der Waals surface area (Å²) in [5.74, 6) is 0.838. The first-order valence-corrected chi connectivity index (χ1v) is 8.53. The number of rotatable bonds is 2. The van der Waals surface area contributed by atoms with Gasteiger partial charge in [-0.05, 0) is 32.1 Å². The summed E-state index contributed by atoms with van der Waals surface area (Å²) in [5.41, 5.74) is -0.852. The van der Waals surface area contributed by atoms with Gasteiger partial charge in [-0.1, -0.05) is 12.8 Å². The van der Waals surface area contributed by atoms with Crippen molar-refractivity contribution in [3.8, 4) is 12.1 Å². The van der Waals surface area contributed by atoms with E-state index in [9.17, 15) is 15.6 Å². The highest BCUT2D eigenvalue weighted by Crippen LogP contribution is 2.46. The number of hydrogen-bond donors (Lipinski definition) is 2. The summed E-state index contributed by atoms with van der Waals surface area (Å²) in [5, 5.41) is 29.6. The van der Waals surface area contributed by atoms with E-state index in [1.54, 1.807) is 0 Å². The second kappa shape index (κ2) is 5.59. The lowest BCUT2D eigenvalue weighted by molar-refractivity contribution is -1.00. The highest BCUT2D eigenvalue weighted by molar-refractivity contribution is 5.17. The van der Waals surface area contributed by atoms with Crippen LogP contribution < -0.4 is 4.90 Å². The number of piperidine rings is 1. The minimum atomic E-state index is -0.426. The third kappa shape index (κ3) is 2.00. The molecule has 21 heavy (non-hydrogen) atoms. The average molecular weight is 288 g/mol. The number of aliphatic hydroxyl groups is 1. The Morgan fingerprint density at radius 3 is 1.90 bits per heavy atom. The fraction of sp³-hybridized carbons (Fsp3) is 0.882. The van der Waals surface area contributed by atoms with Gasteiger partial charge in [0.25, 0.3) is 0 Å². The summed E-state index contributed by atoms with van der Waals surface area (Å²) >= 11 is 0. The molecule has 5 atom stereocenters. The van der Waals surface area contributed by atoms with Crippen molar-refractivity contribution in [2.45, 2.75) is 68.9 Å². The Bertz CT molecular complexity index is 439. The summed E-state index contributed by atoms with van der Waals surface area (Å²) in [6, 6.07) is 5.29. The first kappa shape index (κ1) is 14.8. The fourth-order valence-corrected chi connectivity index (χ4v) is 5.65. The standard InChI is InChI=1S/C17H25N3O/c18-12-16-7-3-1-5-14(16)11-15-6-2-4-8-17(15,13-19)20(16)9-10-21/h14-15,21H,1-11H2/p+1/t14-,15+,16-,17-/m1/s1. The van der Waals surface area contributed by atoms with Crippen molar-refractivity contribution in [1.29, 1.82) is 10.5 Å². The highest BCUT2D eigenvalue weighted by Gasteiger charge is 2.65.